The third-order valence-electron chi connectivity index (χ3n) is 11.0. The molecule has 0 radical (unpaired) electrons. The molecule has 11 nitrogen and oxygen atoms in total. The van der Waals surface area contributed by atoms with Crippen LogP contribution in [0, 0.1) is 17.7 Å². The molecule has 2 aliphatic heterocycles. The van der Waals surface area contributed by atoms with Crippen LogP contribution in [-0.2, 0) is 9.59 Å². The van der Waals surface area contributed by atoms with Gasteiger partial charge in [-0.1, -0.05) is 45.9 Å². The number of imidazole rings is 2. The van der Waals surface area contributed by atoms with Crippen LogP contribution in [0.5, 0.6) is 0 Å². The smallest absolute Gasteiger partial charge is 0.240 e. The molecule has 0 bridgehead atoms. The number of nitrogens with zero attached hydrogens (tertiary/aromatic N) is 4. The number of nitrogens with two attached hydrogens (primary N) is 2. The van der Waals surface area contributed by atoms with Crippen molar-refractivity contribution in [3.8, 4) is 22.6 Å². The first kappa shape index (κ1) is 34.0. The number of benzene rings is 3. The summed E-state index contributed by atoms with van der Waals surface area (Å²) in [5.41, 5.74) is 16.6. The summed E-state index contributed by atoms with van der Waals surface area (Å²) in [6.07, 6.45) is 5.12. The predicted molar refractivity (Wildman–Crippen MR) is 199 cm³/mol. The molecule has 6 N–H and O–H groups in total. The Balaban J connectivity index is 1.06. The van der Waals surface area contributed by atoms with Gasteiger partial charge in [0.2, 0.25) is 11.8 Å². The van der Waals surface area contributed by atoms with Gasteiger partial charge in [-0.2, -0.15) is 0 Å². The van der Waals surface area contributed by atoms with Gasteiger partial charge < -0.3 is 35.7 Å². The van der Waals surface area contributed by atoms with Gasteiger partial charge in [0, 0.05) is 29.6 Å². The van der Waals surface area contributed by atoms with Gasteiger partial charge >= 0.3 is 0 Å². The summed E-state index contributed by atoms with van der Waals surface area (Å²) in [5.74, 6) is 1.15. The van der Waals surface area contributed by atoms with Gasteiger partial charge in [-0.25, -0.2) is 14.4 Å². The summed E-state index contributed by atoms with van der Waals surface area (Å²) in [6.45, 7) is 9.12. The minimum absolute atomic E-state index is 0.0412. The van der Waals surface area contributed by atoms with E-state index in [9.17, 15) is 9.59 Å². The Bertz CT molecular complexity index is 2320. The Kier molecular flexibility index (Phi) is 8.62. The number of carbonyl (C=O) groups excluding carboxylic acids is 2. The molecule has 5 heterocycles. The lowest BCUT2D eigenvalue weighted by Gasteiger charge is -2.27. The van der Waals surface area contributed by atoms with Crippen LogP contribution < -0.4 is 11.5 Å². The first-order valence-electron chi connectivity index (χ1n) is 18.3. The zero-order chi connectivity index (χ0) is 36.4. The van der Waals surface area contributed by atoms with Gasteiger partial charge in [0.05, 0.1) is 52.5 Å². The number of halogens is 1. The van der Waals surface area contributed by atoms with Gasteiger partial charge in [-0.15, -0.1) is 0 Å². The quantitative estimate of drug-likeness (QED) is 0.133. The Morgan fingerprint density at radius 3 is 2.15 bits per heavy atom. The molecular formula is C40H45FN8O3. The zero-order valence-electron chi connectivity index (χ0n) is 29.9. The average molecular weight is 705 g/mol. The summed E-state index contributed by atoms with van der Waals surface area (Å²) in [4.78, 5) is 46.4. The highest BCUT2D eigenvalue weighted by atomic mass is 19.1. The summed E-state index contributed by atoms with van der Waals surface area (Å²) in [6, 6.07) is 13.6. The molecule has 2 saturated heterocycles. The first-order chi connectivity index (χ1) is 25.0. The van der Waals surface area contributed by atoms with Crippen molar-refractivity contribution in [1.82, 2.24) is 29.7 Å². The third kappa shape index (κ3) is 5.74. The molecule has 2 fully saturated rings. The van der Waals surface area contributed by atoms with Crippen LogP contribution >= 0.6 is 0 Å². The highest BCUT2D eigenvalue weighted by Gasteiger charge is 2.36. The van der Waals surface area contributed by atoms with Crippen LogP contribution in [0.1, 0.15) is 77.1 Å². The number of nitrogens with one attached hydrogen (secondary N) is 2. The lowest BCUT2D eigenvalue weighted by Crippen LogP contribution is -2.46. The number of furan rings is 1. The SMILES string of the molecule is CC(C)[C@H](N)C(=O)N1CCC[C@H]1c1ncc(-c2ccc3oc(-c4ccc5c(ccc6[nH]c([C@@H]7CCCN7C(=O)[C@@H](N)C(C)C)nc65)c4)c(F)c3c2)[nH]1. The number of aromatic amines is 2. The largest absolute Gasteiger partial charge is 0.453 e. The van der Waals surface area contributed by atoms with E-state index in [4.69, 9.17) is 20.9 Å². The lowest BCUT2D eigenvalue weighted by atomic mass is 10.0. The number of fused-ring (bicyclic) bond motifs is 4. The average Bonchev–Trinajstić information content (AvgIpc) is 3.99. The normalized spacial score (nSPS) is 19.2. The fourth-order valence-corrected chi connectivity index (χ4v) is 7.78. The molecule has 0 aliphatic carbocycles. The summed E-state index contributed by atoms with van der Waals surface area (Å²) >= 11 is 0. The van der Waals surface area contributed by atoms with Crippen molar-refractivity contribution < 1.29 is 18.4 Å². The Morgan fingerprint density at radius 2 is 1.48 bits per heavy atom. The van der Waals surface area contributed by atoms with Crippen LogP contribution in [0.25, 0.3) is 55.4 Å². The van der Waals surface area contributed by atoms with Gasteiger partial charge in [-0.3, -0.25) is 9.59 Å². The van der Waals surface area contributed by atoms with Gasteiger partial charge in [0.15, 0.2) is 11.6 Å². The van der Waals surface area contributed by atoms with E-state index in [-0.39, 0.29) is 41.5 Å². The monoisotopic (exact) mass is 704 g/mol. The van der Waals surface area contributed by atoms with Gasteiger partial charge in [0.25, 0.3) is 0 Å². The van der Waals surface area contributed by atoms with Gasteiger partial charge in [0.1, 0.15) is 17.2 Å². The van der Waals surface area contributed by atoms with E-state index in [1.807, 2.05) is 73.9 Å². The highest BCUT2D eigenvalue weighted by Crippen LogP contribution is 2.39. The Morgan fingerprint density at radius 1 is 0.827 bits per heavy atom. The molecule has 270 valence electrons. The standard InChI is InChI=1S/C40H45FN8O3/c1-20(2)33(42)39(50)48-15-5-7-29(48)37-44-19-28(46-37)23-11-14-31-26(18-23)32(41)36(52-31)24-9-12-25-22(17-24)10-13-27-35(25)47-38(45-27)30-8-6-16-49(30)40(51)34(43)21(3)4/h9-14,17-21,29-30,33-34H,5-8,15-16,42-43H2,1-4H3,(H,44,46)(H,45,47)/t29-,30-,33-,34-/m0/s1. The molecule has 2 amide bonds. The summed E-state index contributed by atoms with van der Waals surface area (Å²) in [5, 5.41) is 2.18. The van der Waals surface area contributed by atoms with Crippen LogP contribution in [0.3, 0.4) is 0 Å². The number of rotatable bonds is 8. The molecule has 4 atom stereocenters. The lowest BCUT2D eigenvalue weighted by molar-refractivity contribution is -0.135. The number of carbonyl (C=O) groups is 2. The van der Waals surface area contributed by atoms with Crippen molar-refractivity contribution in [1.29, 1.82) is 0 Å². The van der Waals surface area contributed by atoms with Crippen molar-refractivity contribution in [2.75, 3.05) is 13.1 Å². The highest BCUT2D eigenvalue weighted by molar-refractivity contribution is 6.05. The molecule has 8 rings (SSSR count). The molecule has 6 aromatic rings. The molecule has 3 aromatic heterocycles. The number of hydrogen-bond acceptors (Lipinski definition) is 7. The van der Waals surface area contributed by atoms with E-state index in [1.54, 1.807) is 18.3 Å². The number of H-pyrrole nitrogens is 2. The minimum Gasteiger partial charge on any atom is -0.453 e. The second-order valence-electron chi connectivity index (χ2n) is 15.1. The van der Waals surface area contributed by atoms with Crippen molar-refractivity contribution in [2.45, 2.75) is 77.5 Å². The van der Waals surface area contributed by atoms with E-state index in [2.05, 4.69) is 15.0 Å². The third-order valence-corrected chi connectivity index (χ3v) is 11.0. The molecule has 3 aromatic carbocycles. The number of hydrogen-bond donors (Lipinski definition) is 4. The first-order valence-corrected chi connectivity index (χ1v) is 18.3. The van der Waals surface area contributed by atoms with E-state index in [1.165, 1.54) is 0 Å². The van der Waals surface area contributed by atoms with Crippen LogP contribution in [-0.4, -0.2) is 66.7 Å². The molecule has 2 aliphatic rings. The molecule has 12 heteroatoms. The fourth-order valence-electron chi connectivity index (χ4n) is 7.78. The zero-order valence-corrected chi connectivity index (χ0v) is 29.9. The van der Waals surface area contributed by atoms with E-state index in [0.29, 0.717) is 35.4 Å². The summed E-state index contributed by atoms with van der Waals surface area (Å²) < 4.78 is 22.2. The van der Waals surface area contributed by atoms with Crippen LogP contribution in [0.4, 0.5) is 4.39 Å². The van der Waals surface area contributed by atoms with Crippen LogP contribution in [0.15, 0.2) is 59.1 Å². The molecule has 0 spiro atoms. The van der Waals surface area contributed by atoms with Crippen molar-refractivity contribution >= 4 is 44.6 Å². The second-order valence-corrected chi connectivity index (χ2v) is 15.1. The molecule has 0 saturated carbocycles. The van der Waals surface area contributed by atoms with Crippen molar-refractivity contribution in [2.24, 2.45) is 23.3 Å². The minimum atomic E-state index is -0.557. The summed E-state index contributed by atoms with van der Waals surface area (Å²) in [7, 11) is 0. The topological polar surface area (TPSA) is 163 Å². The maximum Gasteiger partial charge on any atom is 0.240 e. The Labute approximate surface area is 300 Å². The maximum absolute atomic E-state index is 16.1. The fraction of sp³-hybridized carbons (Fsp3) is 0.400. The molecule has 52 heavy (non-hydrogen) atoms. The van der Waals surface area contributed by atoms with E-state index < -0.39 is 17.9 Å². The van der Waals surface area contributed by atoms with Gasteiger partial charge in [-0.05, 0) is 73.2 Å². The van der Waals surface area contributed by atoms with Crippen molar-refractivity contribution in [3.63, 3.8) is 0 Å². The number of likely N-dealkylation sites (tertiary alicyclic amines) is 2. The maximum atomic E-state index is 16.1. The van der Waals surface area contributed by atoms with E-state index >= 15 is 4.39 Å². The predicted octanol–water partition coefficient (Wildman–Crippen LogP) is 6.95. The molecule has 0 unspecified atom stereocenters. The number of amides is 2. The van der Waals surface area contributed by atoms with E-state index in [0.717, 1.165) is 64.6 Å². The van der Waals surface area contributed by atoms with Crippen LogP contribution in [0.2, 0.25) is 0 Å². The number of aromatic nitrogens is 4. The second kappa shape index (κ2) is 13.2. The van der Waals surface area contributed by atoms with Crippen molar-refractivity contribution in [3.05, 3.63) is 72.2 Å². The molecular weight excluding hydrogens is 659 g/mol. The Hall–Kier alpha value is -5.07.